The Morgan fingerprint density at radius 2 is 1.70 bits per heavy atom. The molecule has 0 aromatic carbocycles. The van der Waals surface area contributed by atoms with E-state index in [-0.39, 0.29) is 6.04 Å². The molecule has 5 N–H and O–H groups in total. The maximum Gasteiger partial charge on any atom is 0.326 e. The van der Waals surface area contributed by atoms with Crippen LogP contribution in [0.15, 0.2) is 0 Å². The standard InChI is InChI=1S/C13H25N3O4/c1-8(2)5-4-6-9(3)15-13(20)16-10(12(18)19)7-11(14)17/h8-10H,4-7H2,1-3H3,(H2,14,17)(H,18,19)(H2,15,16,20)/t9?,10-/m1/s1. The number of carboxylic acids is 1. The number of rotatable bonds is 9. The molecular formula is C13H25N3O4. The Hall–Kier alpha value is -1.79. The van der Waals surface area contributed by atoms with Gasteiger partial charge in [0.2, 0.25) is 5.91 Å². The minimum Gasteiger partial charge on any atom is -0.480 e. The van der Waals surface area contributed by atoms with Gasteiger partial charge in [0.25, 0.3) is 0 Å². The molecule has 0 aliphatic carbocycles. The zero-order valence-corrected chi connectivity index (χ0v) is 12.3. The Labute approximate surface area is 119 Å². The molecule has 0 aromatic rings. The smallest absolute Gasteiger partial charge is 0.326 e. The van der Waals surface area contributed by atoms with E-state index in [0.717, 1.165) is 19.3 Å². The zero-order chi connectivity index (χ0) is 15.7. The highest BCUT2D eigenvalue weighted by molar-refractivity contribution is 5.87. The van der Waals surface area contributed by atoms with Crippen LogP contribution >= 0.6 is 0 Å². The van der Waals surface area contributed by atoms with Crippen LogP contribution in [0.1, 0.15) is 46.5 Å². The Balaban J connectivity index is 4.11. The van der Waals surface area contributed by atoms with Crippen LogP contribution in [-0.4, -0.2) is 35.1 Å². The second kappa shape index (κ2) is 9.17. The molecule has 0 spiro atoms. The van der Waals surface area contributed by atoms with Gasteiger partial charge in [0.05, 0.1) is 6.42 Å². The Bertz CT molecular complexity index is 345. The highest BCUT2D eigenvalue weighted by Crippen LogP contribution is 2.08. The van der Waals surface area contributed by atoms with Crippen molar-refractivity contribution in [1.29, 1.82) is 0 Å². The van der Waals surface area contributed by atoms with E-state index >= 15 is 0 Å². The van der Waals surface area contributed by atoms with E-state index in [0.29, 0.717) is 5.92 Å². The van der Waals surface area contributed by atoms with Crippen LogP contribution in [0.5, 0.6) is 0 Å². The topological polar surface area (TPSA) is 122 Å². The molecule has 0 saturated heterocycles. The third-order valence-corrected chi connectivity index (χ3v) is 2.80. The highest BCUT2D eigenvalue weighted by Gasteiger charge is 2.22. The van der Waals surface area contributed by atoms with Gasteiger partial charge in [0.1, 0.15) is 6.04 Å². The van der Waals surface area contributed by atoms with Gasteiger partial charge in [-0.3, -0.25) is 4.79 Å². The average Bonchev–Trinajstić information content (AvgIpc) is 2.26. The van der Waals surface area contributed by atoms with Crippen LogP contribution < -0.4 is 16.4 Å². The lowest BCUT2D eigenvalue weighted by molar-refractivity contribution is -0.140. The van der Waals surface area contributed by atoms with Crippen molar-refractivity contribution in [2.75, 3.05) is 0 Å². The average molecular weight is 287 g/mol. The number of nitrogens with one attached hydrogen (secondary N) is 2. The van der Waals surface area contributed by atoms with E-state index in [1.165, 1.54) is 0 Å². The van der Waals surface area contributed by atoms with Crippen molar-refractivity contribution in [3.8, 4) is 0 Å². The summed E-state index contributed by atoms with van der Waals surface area (Å²) >= 11 is 0. The summed E-state index contributed by atoms with van der Waals surface area (Å²) in [7, 11) is 0. The fourth-order valence-electron chi connectivity index (χ4n) is 1.73. The van der Waals surface area contributed by atoms with Gasteiger partial charge in [-0.1, -0.05) is 26.7 Å². The molecule has 7 heteroatoms. The van der Waals surface area contributed by atoms with Gasteiger partial charge in [-0.05, 0) is 19.3 Å². The molecule has 0 rings (SSSR count). The minimum atomic E-state index is -1.30. The lowest BCUT2D eigenvalue weighted by Gasteiger charge is -2.18. The van der Waals surface area contributed by atoms with Crippen LogP contribution in [-0.2, 0) is 9.59 Å². The van der Waals surface area contributed by atoms with Crippen LogP contribution in [0.2, 0.25) is 0 Å². The zero-order valence-electron chi connectivity index (χ0n) is 12.3. The fraction of sp³-hybridized carbons (Fsp3) is 0.769. The summed E-state index contributed by atoms with van der Waals surface area (Å²) in [4.78, 5) is 33.2. The van der Waals surface area contributed by atoms with Crippen LogP contribution in [0, 0.1) is 5.92 Å². The predicted molar refractivity (Wildman–Crippen MR) is 75.1 cm³/mol. The number of carboxylic acid groups (broad SMARTS) is 1. The number of nitrogens with two attached hydrogens (primary N) is 1. The highest BCUT2D eigenvalue weighted by atomic mass is 16.4. The molecule has 20 heavy (non-hydrogen) atoms. The SMILES string of the molecule is CC(C)CCCC(C)NC(=O)N[C@H](CC(N)=O)C(=O)O. The molecule has 0 aromatic heterocycles. The summed E-state index contributed by atoms with van der Waals surface area (Å²) in [5.74, 6) is -1.45. The van der Waals surface area contributed by atoms with Gasteiger partial charge >= 0.3 is 12.0 Å². The molecule has 0 bridgehead atoms. The number of amides is 3. The first-order valence-electron chi connectivity index (χ1n) is 6.80. The van der Waals surface area contributed by atoms with E-state index in [1.54, 1.807) is 0 Å². The molecule has 7 nitrogen and oxygen atoms in total. The van der Waals surface area contributed by atoms with Crippen molar-refractivity contribution >= 4 is 17.9 Å². The lowest BCUT2D eigenvalue weighted by atomic mass is 10.0. The lowest BCUT2D eigenvalue weighted by Crippen LogP contribution is -2.49. The Morgan fingerprint density at radius 3 is 2.15 bits per heavy atom. The van der Waals surface area contributed by atoms with E-state index in [1.807, 2.05) is 6.92 Å². The second-order valence-electron chi connectivity index (χ2n) is 5.40. The number of aliphatic carboxylic acids is 1. The number of urea groups is 1. The first kappa shape index (κ1) is 18.2. The quantitative estimate of drug-likeness (QED) is 0.501. The minimum absolute atomic E-state index is 0.0585. The predicted octanol–water partition coefficient (Wildman–Crippen LogP) is 0.829. The number of carbonyl (C=O) groups excluding carboxylic acids is 2. The molecular weight excluding hydrogens is 262 g/mol. The summed E-state index contributed by atoms with van der Waals surface area (Å²) in [5, 5.41) is 13.7. The third-order valence-electron chi connectivity index (χ3n) is 2.80. The summed E-state index contributed by atoms with van der Waals surface area (Å²) in [5.41, 5.74) is 4.93. The van der Waals surface area contributed by atoms with Crippen molar-refractivity contribution in [2.45, 2.75) is 58.5 Å². The first-order chi connectivity index (χ1) is 9.22. The van der Waals surface area contributed by atoms with Gasteiger partial charge in [-0.15, -0.1) is 0 Å². The molecule has 116 valence electrons. The van der Waals surface area contributed by atoms with Gasteiger partial charge in [-0.25, -0.2) is 9.59 Å². The van der Waals surface area contributed by atoms with Crippen LogP contribution in [0.3, 0.4) is 0 Å². The number of carbonyl (C=O) groups is 3. The first-order valence-corrected chi connectivity index (χ1v) is 6.80. The largest absolute Gasteiger partial charge is 0.480 e. The van der Waals surface area contributed by atoms with Gasteiger partial charge in [0.15, 0.2) is 0 Å². The van der Waals surface area contributed by atoms with Crippen molar-refractivity contribution in [3.05, 3.63) is 0 Å². The summed E-state index contributed by atoms with van der Waals surface area (Å²) in [6.07, 6.45) is 2.46. The van der Waals surface area contributed by atoms with Crippen molar-refractivity contribution in [2.24, 2.45) is 11.7 Å². The second-order valence-corrected chi connectivity index (χ2v) is 5.40. The normalized spacial score (nSPS) is 13.6. The maximum absolute atomic E-state index is 11.6. The molecule has 0 aliphatic heterocycles. The summed E-state index contributed by atoms with van der Waals surface area (Å²) in [6.45, 7) is 6.11. The summed E-state index contributed by atoms with van der Waals surface area (Å²) < 4.78 is 0. The Morgan fingerprint density at radius 1 is 1.10 bits per heavy atom. The van der Waals surface area contributed by atoms with Crippen molar-refractivity contribution in [1.82, 2.24) is 10.6 Å². The van der Waals surface area contributed by atoms with E-state index in [2.05, 4.69) is 24.5 Å². The van der Waals surface area contributed by atoms with Crippen molar-refractivity contribution < 1.29 is 19.5 Å². The van der Waals surface area contributed by atoms with E-state index < -0.39 is 30.4 Å². The molecule has 0 fully saturated rings. The molecule has 0 heterocycles. The van der Waals surface area contributed by atoms with Gasteiger partial charge < -0.3 is 21.5 Å². The molecule has 0 aliphatic rings. The molecule has 1 unspecified atom stereocenters. The monoisotopic (exact) mass is 287 g/mol. The van der Waals surface area contributed by atoms with Gasteiger partial charge in [0, 0.05) is 6.04 Å². The molecule has 0 saturated carbocycles. The third kappa shape index (κ3) is 9.18. The fourth-order valence-corrected chi connectivity index (χ4v) is 1.73. The van der Waals surface area contributed by atoms with Crippen molar-refractivity contribution in [3.63, 3.8) is 0 Å². The molecule has 3 amide bonds. The van der Waals surface area contributed by atoms with Crippen LogP contribution in [0.25, 0.3) is 0 Å². The van der Waals surface area contributed by atoms with Crippen LogP contribution in [0.4, 0.5) is 4.79 Å². The van der Waals surface area contributed by atoms with E-state index in [4.69, 9.17) is 10.8 Å². The number of primary amides is 1. The Kier molecular flexibility index (Phi) is 8.35. The number of hydrogen-bond acceptors (Lipinski definition) is 3. The maximum atomic E-state index is 11.6. The number of hydrogen-bond donors (Lipinski definition) is 4. The van der Waals surface area contributed by atoms with E-state index in [9.17, 15) is 14.4 Å². The molecule has 2 atom stereocenters. The van der Waals surface area contributed by atoms with Gasteiger partial charge in [-0.2, -0.15) is 0 Å². The molecule has 0 radical (unpaired) electrons. The summed E-state index contributed by atoms with van der Waals surface area (Å²) in [6, 6.07) is -1.96.